The quantitative estimate of drug-likeness (QED) is 0.538. The largest absolute Gasteiger partial charge is 0.362 e. The summed E-state index contributed by atoms with van der Waals surface area (Å²) < 4.78 is 0. The number of hydrogen-bond donors (Lipinski definition) is 2. The SMILES string of the molecule is C[C@@H]1C[C@@H](C)CN(c2ccc(NC(=S)NCC3(c4ccc(Cl)cc4)CCCC3)cn2)C1. The van der Waals surface area contributed by atoms with Gasteiger partial charge in [0.15, 0.2) is 5.11 Å². The van der Waals surface area contributed by atoms with E-state index >= 15 is 0 Å². The van der Waals surface area contributed by atoms with Crippen LogP contribution in [0.1, 0.15) is 51.5 Å². The van der Waals surface area contributed by atoms with Crippen molar-refractivity contribution in [2.75, 3.05) is 29.9 Å². The summed E-state index contributed by atoms with van der Waals surface area (Å²) in [5.41, 5.74) is 2.40. The van der Waals surface area contributed by atoms with Crippen molar-refractivity contribution in [2.45, 2.75) is 51.4 Å². The summed E-state index contributed by atoms with van der Waals surface area (Å²) >= 11 is 11.7. The molecule has 2 heterocycles. The third kappa shape index (κ3) is 5.50. The third-order valence-corrected chi connectivity index (χ3v) is 7.30. The van der Waals surface area contributed by atoms with Gasteiger partial charge in [0.05, 0.1) is 11.9 Å². The molecule has 0 amide bonds. The maximum Gasteiger partial charge on any atom is 0.170 e. The molecular formula is C25H33ClN4S. The minimum Gasteiger partial charge on any atom is -0.362 e. The standard InChI is InChI=1S/C25H33ClN4S/c1-18-13-19(2)16-30(15-18)23-10-9-22(14-27-23)29-24(31)28-17-25(11-3-4-12-25)20-5-7-21(26)8-6-20/h5-10,14,18-19H,3-4,11-13,15-17H2,1-2H3,(H2,28,29,31)/t18-,19-/m1/s1. The van der Waals surface area contributed by atoms with Crippen molar-refractivity contribution in [2.24, 2.45) is 11.8 Å². The molecule has 2 fully saturated rings. The number of hydrogen-bond acceptors (Lipinski definition) is 3. The van der Waals surface area contributed by atoms with E-state index in [-0.39, 0.29) is 5.41 Å². The lowest BCUT2D eigenvalue weighted by Gasteiger charge is -2.35. The lowest BCUT2D eigenvalue weighted by Crippen LogP contribution is -2.40. The van der Waals surface area contributed by atoms with E-state index in [4.69, 9.17) is 28.8 Å². The second kappa shape index (κ2) is 9.74. The molecule has 0 spiro atoms. The number of halogens is 1. The smallest absolute Gasteiger partial charge is 0.170 e. The molecule has 1 aromatic carbocycles. The minimum atomic E-state index is 0.125. The Hall–Kier alpha value is -1.85. The summed E-state index contributed by atoms with van der Waals surface area (Å²) in [6.45, 7) is 7.64. The third-order valence-electron chi connectivity index (χ3n) is 6.80. The number of thiocarbonyl (C=S) groups is 1. The van der Waals surface area contributed by atoms with Crippen molar-refractivity contribution >= 4 is 40.4 Å². The van der Waals surface area contributed by atoms with E-state index in [1.54, 1.807) is 0 Å². The van der Waals surface area contributed by atoms with E-state index in [2.05, 4.69) is 53.6 Å². The summed E-state index contributed by atoms with van der Waals surface area (Å²) in [6.07, 6.45) is 8.04. The highest BCUT2D eigenvalue weighted by Gasteiger charge is 2.35. The molecule has 2 atom stereocenters. The highest BCUT2D eigenvalue weighted by molar-refractivity contribution is 7.80. The van der Waals surface area contributed by atoms with Crippen LogP contribution in [0, 0.1) is 11.8 Å². The number of pyridine rings is 1. The van der Waals surface area contributed by atoms with Gasteiger partial charge < -0.3 is 15.5 Å². The number of benzene rings is 1. The highest BCUT2D eigenvalue weighted by Crippen LogP contribution is 2.41. The van der Waals surface area contributed by atoms with Gasteiger partial charge in [0.25, 0.3) is 0 Å². The number of nitrogens with one attached hydrogen (secondary N) is 2. The van der Waals surface area contributed by atoms with Crippen molar-refractivity contribution in [3.63, 3.8) is 0 Å². The fourth-order valence-corrected chi connectivity index (χ4v) is 5.66. The van der Waals surface area contributed by atoms with Gasteiger partial charge in [-0.15, -0.1) is 0 Å². The summed E-state index contributed by atoms with van der Waals surface area (Å²) in [6, 6.07) is 12.5. The molecule has 166 valence electrons. The topological polar surface area (TPSA) is 40.2 Å². The average Bonchev–Trinajstić information content (AvgIpc) is 3.23. The van der Waals surface area contributed by atoms with E-state index in [1.807, 2.05) is 18.3 Å². The van der Waals surface area contributed by atoms with Crippen LogP contribution in [0.5, 0.6) is 0 Å². The molecule has 2 N–H and O–H groups in total. The van der Waals surface area contributed by atoms with Crippen molar-refractivity contribution < 1.29 is 0 Å². The summed E-state index contributed by atoms with van der Waals surface area (Å²) in [5, 5.41) is 8.21. The van der Waals surface area contributed by atoms with E-state index in [9.17, 15) is 0 Å². The van der Waals surface area contributed by atoms with Crippen LogP contribution in [0.2, 0.25) is 5.02 Å². The molecule has 1 saturated carbocycles. The molecule has 2 aromatic rings. The van der Waals surface area contributed by atoms with Gasteiger partial charge in [0.1, 0.15) is 5.82 Å². The minimum absolute atomic E-state index is 0.125. The van der Waals surface area contributed by atoms with Crippen molar-refractivity contribution in [1.82, 2.24) is 10.3 Å². The molecule has 0 radical (unpaired) electrons. The van der Waals surface area contributed by atoms with Crippen LogP contribution in [-0.2, 0) is 5.41 Å². The molecule has 0 unspecified atom stereocenters. The van der Waals surface area contributed by atoms with Crippen LogP contribution in [0.15, 0.2) is 42.6 Å². The Labute approximate surface area is 196 Å². The predicted molar refractivity (Wildman–Crippen MR) is 135 cm³/mol. The van der Waals surface area contributed by atoms with Gasteiger partial charge in [-0.2, -0.15) is 0 Å². The summed E-state index contributed by atoms with van der Waals surface area (Å²) in [5.74, 6) is 2.47. The van der Waals surface area contributed by atoms with Gasteiger partial charge in [0, 0.05) is 30.1 Å². The molecule has 1 saturated heterocycles. The van der Waals surface area contributed by atoms with Gasteiger partial charge in [0.2, 0.25) is 0 Å². The maximum atomic E-state index is 6.10. The van der Waals surface area contributed by atoms with E-state index in [1.165, 1.54) is 37.7 Å². The molecular weight excluding hydrogens is 424 g/mol. The van der Waals surface area contributed by atoms with Gasteiger partial charge in [-0.3, -0.25) is 0 Å². The van der Waals surface area contributed by atoms with Crippen LogP contribution in [-0.4, -0.2) is 29.7 Å². The number of aromatic nitrogens is 1. The average molecular weight is 457 g/mol. The molecule has 0 bridgehead atoms. The van der Waals surface area contributed by atoms with Crippen LogP contribution in [0.25, 0.3) is 0 Å². The lowest BCUT2D eigenvalue weighted by atomic mass is 9.79. The first-order valence-corrected chi connectivity index (χ1v) is 12.2. The predicted octanol–water partition coefficient (Wildman–Crippen LogP) is 6.02. The number of anilines is 2. The Morgan fingerprint density at radius 1 is 1.10 bits per heavy atom. The summed E-state index contributed by atoms with van der Waals surface area (Å²) in [7, 11) is 0. The molecule has 2 aliphatic rings. The van der Waals surface area contributed by atoms with Crippen molar-refractivity contribution in [1.29, 1.82) is 0 Å². The molecule has 1 aliphatic heterocycles. The Balaban J connectivity index is 1.34. The van der Waals surface area contributed by atoms with E-state index in [0.29, 0.717) is 16.9 Å². The molecule has 4 nitrogen and oxygen atoms in total. The second-order valence-electron chi connectivity index (χ2n) is 9.56. The monoisotopic (exact) mass is 456 g/mol. The number of nitrogens with zero attached hydrogens (tertiary/aromatic N) is 2. The van der Waals surface area contributed by atoms with Gasteiger partial charge in [-0.05, 0) is 73.1 Å². The van der Waals surface area contributed by atoms with Gasteiger partial charge in [-0.25, -0.2) is 4.98 Å². The van der Waals surface area contributed by atoms with Gasteiger partial charge >= 0.3 is 0 Å². The molecule has 31 heavy (non-hydrogen) atoms. The van der Waals surface area contributed by atoms with Gasteiger partial charge in [-0.1, -0.05) is 50.4 Å². The maximum absolute atomic E-state index is 6.10. The van der Waals surface area contributed by atoms with Crippen LogP contribution in [0.4, 0.5) is 11.5 Å². The van der Waals surface area contributed by atoms with E-state index < -0.39 is 0 Å². The summed E-state index contributed by atoms with van der Waals surface area (Å²) in [4.78, 5) is 7.09. The molecule has 1 aliphatic carbocycles. The molecule has 6 heteroatoms. The zero-order chi connectivity index (χ0) is 21.8. The molecule has 4 rings (SSSR count). The Bertz CT molecular complexity index is 867. The Morgan fingerprint density at radius 3 is 2.39 bits per heavy atom. The highest BCUT2D eigenvalue weighted by atomic mass is 35.5. The van der Waals surface area contributed by atoms with E-state index in [0.717, 1.165) is 36.2 Å². The Morgan fingerprint density at radius 2 is 1.77 bits per heavy atom. The zero-order valence-corrected chi connectivity index (χ0v) is 20.1. The fraction of sp³-hybridized carbons (Fsp3) is 0.520. The normalized spacial score (nSPS) is 22.9. The van der Waals surface area contributed by atoms with Crippen molar-refractivity contribution in [3.8, 4) is 0 Å². The number of rotatable bonds is 5. The first-order chi connectivity index (χ1) is 14.9. The van der Waals surface area contributed by atoms with Crippen LogP contribution in [0.3, 0.4) is 0 Å². The zero-order valence-electron chi connectivity index (χ0n) is 18.5. The second-order valence-corrected chi connectivity index (χ2v) is 10.4. The first-order valence-electron chi connectivity index (χ1n) is 11.5. The first kappa shape index (κ1) is 22.3. The van der Waals surface area contributed by atoms with Crippen molar-refractivity contribution in [3.05, 3.63) is 53.2 Å². The van der Waals surface area contributed by atoms with Crippen LogP contribution >= 0.6 is 23.8 Å². The van der Waals surface area contributed by atoms with Crippen LogP contribution < -0.4 is 15.5 Å². The number of piperidine rings is 1. The lowest BCUT2D eigenvalue weighted by molar-refractivity contribution is 0.355. The molecule has 1 aromatic heterocycles. The Kier molecular flexibility index (Phi) is 7.02. The fourth-order valence-electron chi connectivity index (χ4n) is 5.34.